The van der Waals surface area contributed by atoms with E-state index in [1.807, 2.05) is 0 Å². The van der Waals surface area contributed by atoms with Gasteiger partial charge >= 0.3 is 11.9 Å². The summed E-state index contributed by atoms with van der Waals surface area (Å²) in [6, 6.07) is 8.68. The van der Waals surface area contributed by atoms with Gasteiger partial charge in [-0.3, -0.25) is 25.2 Å². The molecule has 1 aromatic heterocycles. The summed E-state index contributed by atoms with van der Waals surface area (Å²) in [6.45, 7) is -0.605. The van der Waals surface area contributed by atoms with Crippen LogP contribution >= 0.6 is 0 Å². The quantitative estimate of drug-likeness (QED) is 0.632. The highest BCUT2D eigenvalue weighted by Gasteiger charge is 2.13. The van der Waals surface area contributed by atoms with Gasteiger partial charge in [0, 0.05) is 0 Å². The molecule has 0 radical (unpaired) electrons. The molecule has 8 heteroatoms. The van der Waals surface area contributed by atoms with E-state index < -0.39 is 30.2 Å². The molecule has 2 amide bonds. The first kappa shape index (κ1) is 16.2. The normalized spacial score (nSPS) is 9.96. The van der Waals surface area contributed by atoms with Crippen molar-refractivity contribution in [2.45, 2.75) is 6.42 Å². The molecule has 23 heavy (non-hydrogen) atoms. The summed E-state index contributed by atoms with van der Waals surface area (Å²) in [4.78, 5) is 34.4. The Morgan fingerprint density at radius 1 is 1.09 bits per heavy atom. The Kier molecular flexibility index (Phi) is 5.45. The fraction of sp³-hybridized carbons (Fsp3) is 0.133. The van der Waals surface area contributed by atoms with Crippen molar-refractivity contribution in [3.8, 4) is 0 Å². The third-order valence-electron chi connectivity index (χ3n) is 2.72. The molecule has 0 fully saturated rings. The van der Waals surface area contributed by atoms with Crippen LogP contribution < -0.4 is 10.9 Å². The number of carbonyl (C=O) groups is 3. The summed E-state index contributed by atoms with van der Waals surface area (Å²) in [5.74, 6) is -2.67. The third kappa shape index (κ3) is 4.95. The minimum atomic E-state index is -0.761. The van der Waals surface area contributed by atoms with Gasteiger partial charge in [-0.15, -0.1) is 0 Å². The first-order valence-electron chi connectivity index (χ1n) is 6.58. The smallest absolute Gasteiger partial charge is 0.310 e. The van der Waals surface area contributed by atoms with Crippen LogP contribution in [0.1, 0.15) is 16.1 Å². The van der Waals surface area contributed by atoms with E-state index in [1.54, 1.807) is 6.07 Å². The molecule has 0 unspecified atom stereocenters. The molecule has 2 N–H and O–H groups in total. The number of hydrazine groups is 1. The van der Waals surface area contributed by atoms with E-state index in [0.717, 1.165) is 0 Å². The standard InChI is InChI=1S/C15H13FN2O5/c16-11-5-2-1-4-10(11)8-14(20)23-9-13(19)17-18-15(21)12-6-3-7-22-12/h1-7H,8-9H2,(H,17,19)(H,18,21). The Labute approximate surface area is 130 Å². The molecule has 1 aromatic carbocycles. The monoisotopic (exact) mass is 320 g/mol. The number of hydrogen-bond donors (Lipinski definition) is 2. The van der Waals surface area contributed by atoms with Crippen molar-refractivity contribution >= 4 is 17.8 Å². The molecule has 120 valence electrons. The molecule has 0 bridgehead atoms. The van der Waals surface area contributed by atoms with Gasteiger partial charge in [0.15, 0.2) is 12.4 Å². The summed E-state index contributed by atoms with van der Waals surface area (Å²) >= 11 is 0. The van der Waals surface area contributed by atoms with Crippen molar-refractivity contribution in [1.82, 2.24) is 10.9 Å². The molecule has 0 saturated carbocycles. The van der Waals surface area contributed by atoms with Gasteiger partial charge in [-0.2, -0.15) is 0 Å². The van der Waals surface area contributed by atoms with Crippen molar-refractivity contribution in [2.24, 2.45) is 0 Å². The molecule has 1 heterocycles. The summed E-state index contributed by atoms with van der Waals surface area (Å²) in [6.07, 6.45) is 1.01. The SMILES string of the molecule is O=C(COC(=O)Cc1ccccc1F)NNC(=O)c1ccco1. The molecule has 0 aliphatic carbocycles. The average Bonchev–Trinajstić information content (AvgIpc) is 3.07. The number of furan rings is 1. The van der Waals surface area contributed by atoms with Crippen LogP contribution in [0.25, 0.3) is 0 Å². The van der Waals surface area contributed by atoms with E-state index >= 15 is 0 Å². The number of nitrogens with one attached hydrogen (secondary N) is 2. The van der Waals surface area contributed by atoms with Crippen molar-refractivity contribution < 1.29 is 27.9 Å². The first-order valence-corrected chi connectivity index (χ1v) is 6.58. The molecule has 0 aliphatic rings. The summed E-state index contributed by atoms with van der Waals surface area (Å²) in [7, 11) is 0. The zero-order chi connectivity index (χ0) is 16.7. The second-order valence-electron chi connectivity index (χ2n) is 4.41. The van der Waals surface area contributed by atoms with Gasteiger partial charge in [-0.05, 0) is 23.8 Å². The zero-order valence-corrected chi connectivity index (χ0v) is 11.9. The molecular formula is C15H13FN2O5. The Hall–Kier alpha value is -3.16. The largest absolute Gasteiger partial charge is 0.459 e. The second-order valence-corrected chi connectivity index (χ2v) is 4.41. The number of rotatable bonds is 5. The topological polar surface area (TPSA) is 97.6 Å². The number of carbonyl (C=O) groups excluding carboxylic acids is 3. The lowest BCUT2D eigenvalue weighted by atomic mass is 10.1. The fourth-order valence-electron chi connectivity index (χ4n) is 1.63. The molecule has 2 aromatic rings. The van der Waals surface area contributed by atoms with Gasteiger partial charge in [-0.25, -0.2) is 4.39 Å². The number of halogens is 1. The minimum Gasteiger partial charge on any atom is -0.459 e. The van der Waals surface area contributed by atoms with Crippen LogP contribution in [-0.2, 0) is 20.7 Å². The fourth-order valence-corrected chi connectivity index (χ4v) is 1.63. The van der Waals surface area contributed by atoms with E-state index in [0.29, 0.717) is 0 Å². The van der Waals surface area contributed by atoms with E-state index in [1.165, 1.54) is 36.6 Å². The predicted octanol–water partition coefficient (Wildman–Crippen LogP) is 0.966. The maximum atomic E-state index is 13.3. The minimum absolute atomic E-state index is 0.0156. The summed E-state index contributed by atoms with van der Waals surface area (Å²) in [5, 5.41) is 0. The lowest BCUT2D eigenvalue weighted by molar-refractivity contribution is -0.148. The van der Waals surface area contributed by atoms with E-state index in [4.69, 9.17) is 9.15 Å². The molecular weight excluding hydrogens is 307 g/mol. The zero-order valence-electron chi connectivity index (χ0n) is 11.9. The lowest BCUT2D eigenvalue weighted by Gasteiger charge is -2.07. The van der Waals surface area contributed by atoms with Crippen LogP contribution in [0.15, 0.2) is 47.1 Å². The molecule has 7 nitrogen and oxygen atoms in total. The van der Waals surface area contributed by atoms with Gasteiger partial charge in [-0.1, -0.05) is 18.2 Å². The molecule has 0 saturated heterocycles. The lowest BCUT2D eigenvalue weighted by Crippen LogP contribution is -2.43. The molecule has 0 spiro atoms. The van der Waals surface area contributed by atoms with Crippen LogP contribution in [0.4, 0.5) is 4.39 Å². The van der Waals surface area contributed by atoms with E-state index in [-0.39, 0.29) is 17.7 Å². The summed E-state index contributed by atoms with van der Waals surface area (Å²) in [5.41, 5.74) is 4.31. The number of esters is 1. The number of ether oxygens (including phenoxy) is 1. The van der Waals surface area contributed by atoms with Gasteiger partial charge in [0.1, 0.15) is 5.82 Å². The van der Waals surface area contributed by atoms with Crippen molar-refractivity contribution in [3.05, 3.63) is 59.8 Å². The predicted molar refractivity (Wildman–Crippen MR) is 75.4 cm³/mol. The Bertz CT molecular complexity index is 700. The van der Waals surface area contributed by atoms with Crippen LogP contribution in [0, 0.1) is 5.82 Å². The van der Waals surface area contributed by atoms with Gasteiger partial charge in [0.05, 0.1) is 12.7 Å². The Balaban J connectivity index is 1.71. The Morgan fingerprint density at radius 2 is 1.87 bits per heavy atom. The van der Waals surface area contributed by atoms with Gasteiger partial charge in [0.25, 0.3) is 5.91 Å². The highest BCUT2D eigenvalue weighted by Crippen LogP contribution is 2.07. The third-order valence-corrected chi connectivity index (χ3v) is 2.72. The Morgan fingerprint density at radius 3 is 2.57 bits per heavy atom. The van der Waals surface area contributed by atoms with Crippen LogP contribution in [0.3, 0.4) is 0 Å². The van der Waals surface area contributed by atoms with Crippen molar-refractivity contribution in [3.63, 3.8) is 0 Å². The number of hydrogen-bond acceptors (Lipinski definition) is 5. The number of amides is 2. The van der Waals surface area contributed by atoms with Gasteiger partial charge in [0.2, 0.25) is 0 Å². The second kappa shape index (κ2) is 7.74. The van der Waals surface area contributed by atoms with Crippen LogP contribution in [-0.4, -0.2) is 24.4 Å². The van der Waals surface area contributed by atoms with Crippen LogP contribution in [0.5, 0.6) is 0 Å². The van der Waals surface area contributed by atoms with E-state index in [9.17, 15) is 18.8 Å². The van der Waals surface area contributed by atoms with Crippen molar-refractivity contribution in [2.75, 3.05) is 6.61 Å². The van der Waals surface area contributed by atoms with Gasteiger partial charge < -0.3 is 9.15 Å². The number of benzene rings is 1. The van der Waals surface area contributed by atoms with E-state index in [2.05, 4.69) is 10.9 Å². The maximum absolute atomic E-state index is 13.3. The summed E-state index contributed by atoms with van der Waals surface area (Å²) < 4.78 is 22.9. The average molecular weight is 320 g/mol. The molecule has 0 aliphatic heterocycles. The maximum Gasteiger partial charge on any atom is 0.310 e. The van der Waals surface area contributed by atoms with Crippen molar-refractivity contribution in [1.29, 1.82) is 0 Å². The highest BCUT2D eigenvalue weighted by molar-refractivity contribution is 5.93. The first-order chi connectivity index (χ1) is 11.1. The molecule has 0 atom stereocenters. The molecule has 2 rings (SSSR count). The van der Waals surface area contributed by atoms with Crippen LogP contribution in [0.2, 0.25) is 0 Å². The highest BCUT2D eigenvalue weighted by atomic mass is 19.1.